The molecule has 200 valence electrons. The lowest BCUT2D eigenvalue weighted by atomic mass is 9.95. The number of hydrazone groups is 1. The van der Waals surface area contributed by atoms with E-state index in [1.807, 2.05) is 0 Å². The van der Waals surface area contributed by atoms with Crippen molar-refractivity contribution in [2.24, 2.45) is 5.10 Å². The molecule has 0 spiro atoms. The van der Waals surface area contributed by atoms with Crippen molar-refractivity contribution in [2.75, 3.05) is 5.32 Å². The summed E-state index contributed by atoms with van der Waals surface area (Å²) >= 11 is 0. The van der Waals surface area contributed by atoms with Crippen molar-refractivity contribution in [3.05, 3.63) is 95.3 Å². The standard InChI is InChI=1S/C29H27FN4O5/c30-24-12-6-4-10-22(24)29(38)39-21-16-14-19(15-17-21)18-31-34-28(37)27(36)33-25-13-7-5-11-23(25)26(35)32-20-8-2-1-3-9-20/h4-7,10-18,20H,1-3,8-9H2,(H,32,35)(H,33,36)(H,34,37). The normalized spacial score (nSPS) is 13.5. The van der Waals surface area contributed by atoms with Crippen molar-refractivity contribution in [2.45, 2.75) is 38.1 Å². The minimum Gasteiger partial charge on any atom is -0.423 e. The van der Waals surface area contributed by atoms with Gasteiger partial charge in [0.25, 0.3) is 5.91 Å². The molecule has 3 aromatic rings. The van der Waals surface area contributed by atoms with Crippen molar-refractivity contribution in [1.29, 1.82) is 0 Å². The van der Waals surface area contributed by atoms with Gasteiger partial charge in [0.1, 0.15) is 11.6 Å². The van der Waals surface area contributed by atoms with Crippen LogP contribution in [0.1, 0.15) is 58.4 Å². The molecule has 0 aromatic heterocycles. The molecule has 3 amide bonds. The zero-order valence-corrected chi connectivity index (χ0v) is 21.0. The Balaban J connectivity index is 1.29. The predicted octanol–water partition coefficient (Wildman–Crippen LogP) is 4.20. The van der Waals surface area contributed by atoms with Gasteiger partial charge in [-0.1, -0.05) is 43.5 Å². The van der Waals surface area contributed by atoms with Gasteiger partial charge in [-0.3, -0.25) is 14.4 Å². The average Bonchev–Trinajstić information content (AvgIpc) is 2.95. The molecular weight excluding hydrogens is 503 g/mol. The van der Waals surface area contributed by atoms with E-state index in [1.165, 1.54) is 42.6 Å². The van der Waals surface area contributed by atoms with Crippen LogP contribution in [-0.4, -0.2) is 35.9 Å². The van der Waals surface area contributed by atoms with Gasteiger partial charge >= 0.3 is 17.8 Å². The van der Waals surface area contributed by atoms with Crippen LogP contribution in [-0.2, 0) is 9.59 Å². The molecule has 39 heavy (non-hydrogen) atoms. The number of anilines is 1. The van der Waals surface area contributed by atoms with E-state index in [1.54, 1.807) is 36.4 Å². The third kappa shape index (κ3) is 7.57. The number of hydrogen-bond acceptors (Lipinski definition) is 6. The first kappa shape index (κ1) is 27.2. The van der Waals surface area contributed by atoms with E-state index in [9.17, 15) is 23.6 Å². The van der Waals surface area contributed by atoms with Gasteiger partial charge in [-0.15, -0.1) is 0 Å². The molecule has 1 fully saturated rings. The van der Waals surface area contributed by atoms with Gasteiger partial charge in [-0.2, -0.15) is 5.10 Å². The molecule has 3 N–H and O–H groups in total. The van der Waals surface area contributed by atoms with Crippen LogP contribution in [0.15, 0.2) is 77.9 Å². The Bertz CT molecular complexity index is 1380. The van der Waals surface area contributed by atoms with Crippen molar-refractivity contribution in [3.63, 3.8) is 0 Å². The van der Waals surface area contributed by atoms with E-state index in [4.69, 9.17) is 4.74 Å². The summed E-state index contributed by atoms with van der Waals surface area (Å²) in [5, 5.41) is 9.22. The second kappa shape index (κ2) is 13.1. The predicted molar refractivity (Wildman–Crippen MR) is 143 cm³/mol. The van der Waals surface area contributed by atoms with Crippen LogP contribution in [0.5, 0.6) is 5.75 Å². The minimum absolute atomic E-state index is 0.0978. The van der Waals surface area contributed by atoms with Crippen LogP contribution in [0.2, 0.25) is 0 Å². The molecule has 1 aliphatic rings. The Morgan fingerprint density at radius 1 is 0.821 bits per heavy atom. The Morgan fingerprint density at radius 2 is 1.49 bits per heavy atom. The quantitative estimate of drug-likeness (QED) is 0.139. The average molecular weight is 531 g/mol. The number of rotatable bonds is 7. The molecule has 0 atom stereocenters. The Morgan fingerprint density at radius 3 is 2.21 bits per heavy atom. The van der Waals surface area contributed by atoms with Crippen LogP contribution in [0.25, 0.3) is 0 Å². The summed E-state index contributed by atoms with van der Waals surface area (Å²) in [7, 11) is 0. The lowest BCUT2D eigenvalue weighted by Gasteiger charge is -2.23. The van der Waals surface area contributed by atoms with Crippen LogP contribution in [0, 0.1) is 5.82 Å². The highest BCUT2D eigenvalue weighted by atomic mass is 19.1. The number of carbonyl (C=O) groups is 4. The summed E-state index contributed by atoms with van der Waals surface area (Å²) in [5.74, 6) is -3.64. The summed E-state index contributed by atoms with van der Waals surface area (Å²) in [6.45, 7) is 0. The molecule has 0 bridgehead atoms. The minimum atomic E-state index is -1.02. The maximum atomic E-state index is 13.7. The highest BCUT2D eigenvalue weighted by Crippen LogP contribution is 2.20. The fourth-order valence-corrected chi connectivity index (χ4v) is 4.11. The molecule has 10 heteroatoms. The number of halogens is 1. The Kier molecular flexibility index (Phi) is 9.12. The Hall–Kier alpha value is -4.86. The summed E-state index contributed by atoms with van der Waals surface area (Å²) in [5.41, 5.74) is 2.97. The van der Waals surface area contributed by atoms with Gasteiger partial charge in [0.05, 0.1) is 23.0 Å². The number of ether oxygens (including phenoxy) is 1. The van der Waals surface area contributed by atoms with Crippen LogP contribution in [0.4, 0.5) is 10.1 Å². The maximum Gasteiger partial charge on any atom is 0.346 e. The molecule has 0 heterocycles. The van der Waals surface area contributed by atoms with E-state index in [2.05, 4.69) is 21.2 Å². The lowest BCUT2D eigenvalue weighted by molar-refractivity contribution is -0.136. The van der Waals surface area contributed by atoms with E-state index in [0.29, 0.717) is 5.56 Å². The van der Waals surface area contributed by atoms with Crippen LogP contribution < -0.4 is 20.8 Å². The first-order chi connectivity index (χ1) is 18.9. The fourth-order valence-electron chi connectivity index (χ4n) is 4.11. The molecule has 0 saturated heterocycles. The number of amides is 3. The molecule has 1 aliphatic carbocycles. The molecule has 0 aliphatic heterocycles. The number of carbonyl (C=O) groups excluding carboxylic acids is 4. The lowest BCUT2D eigenvalue weighted by Crippen LogP contribution is -2.37. The van der Waals surface area contributed by atoms with E-state index in [0.717, 1.165) is 32.1 Å². The zero-order valence-electron chi connectivity index (χ0n) is 21.0. The second-order valence-corrected chi connectivity index (χ2v) is 8.95. The fraction of sp³-hybridized carbons (Fsp3) is 0.207. The highest BCUT2D eigenvalue weighted by molar-refractivity contribution is 6.40. The first-order valence-electron chi connectivity index (χ1n) is 12.5. The van der Waals surface area contributed by atoms with Gasteiger partial charge in [-0.05, 0) is 66.9 Å². The van der Waals surface area contributed by atoms with Gasteiger partial charge < -0.3 is 15.4 Å². The molecule has 4 rings (SSSR count). The number of nitrogens with one attached hydrogen (secondary N) is 3. The van der Waals surface area contributed by atoms with Gasteiger partial charge in [0.15, 0.2) is 0 Å². The summed E-state index contributed by atoms with van der Waals surface area (Å²) in [6.07, 6.45) is 6.42. The van der Waals surface area contributed by atoms with E-state index in [-0.39, 0.29) is 34.5 Å². The summed E-state index contributed by atoms with van der Waals surface area (Å²) in [6, 6.07) is 18.1. The molecular formula is C29H27FN4O5. The molecule has 0 radical (unpaired) electrons. The number of esters is 1. The topological polar surface area (TPSA) is 126 Å². The monoisotopic (exact) mass is 530 g/mol. The summed E-state index contributed by atoms with van der Waals surface area (Å²) < 4.78 is 18.9. The first-order valence-corrected chi connectivity index (χ1v) is 12.5. The molecule has 3 aromatic carbocycles. The van der Waals surface area contributed by atoms with Crippen molar-refractivity contribution < 1.29 is 28.3 Å². The third-order valence-corrected chi connectivity index (χ3v) is 6.13. The van der Waals surface area contributed by atoms with Crippen LogP contribution >= 0.6 is 0 Å². The van der Waals surface area contributed by atoms with Crippen LogP contribution in [0.3, 0.4) is 0 Å². The Labute approximate surface area is 224 Å². The van der Waals surface area contributed by atoms with Crippen molar-refractivity contribution in [3.8, 4) is 5.75 Å². The largest absolute Gasteiger partial charge is 0.423 e. The zero-order chi connectivity index (χ0) is 27.6. The number of hydrogen-bond donors (Lipinski definition) is 3. The smallest absolute Gasteiger partial charge is 0.346 e. The molecule has 9 nitrogen and oxygen atoms in total. The van der Waals surface area contributed by atoms with Gasteiger partial charge in [-0.25, -0.2) is 14.6 Å². The van der Waals surface area contributed by atoms with E-state index >= 15 is 0 Å². The van der Waals surface area contributed by atoms with Gasteiger partial charge in [0, 0.05) is 6.04 Å². The second-order valence-electron chi connectivity index (χ2n) is 8.95. The van der Waals surface area contributed by atoms with E-state index < -0.39 is 23.6 Å². The van der Waals surface area contributed by atoms with Gasteiger partial charge in [0.2, 0.25) is 0 Å². The molecule has 0 unspecified atom stereocenters. The number of benzene rings is 3. The third-order valence-electron chi connectivity index (χ3n) is 6.13. The number of para-hydroxylation sites is 1. The van der Waals surface area contributed by atoms with Crippen molar-refractivity contribution in [1.82, 2.24) is 10.7 Å². The number of nitrogens with zero attached hydrogens (tertiary/aromatic N) is 1. The SMILES string of the molecule is O=C(NN=Cc1ccc(OC(=O)c2ccccc2F)cc1)C(=O)Nc1ccccc1C(=O)NC1CCCCC1. The maximum absolute atomic E-state index is 13.7. The molecule has 1 saturated carbocycles. The summed E-state index contributed by atoms with van der Waals surface area (Å²) in [4.78, 5) is 49.5. The highest BCUT2D eigenvalue weighted by Gasteiger charge is 2.21. The van der Waals surface area contributed by atoms with Crippen molar-refractivity contribution >= 4 is 35.6 Å².